The number of nitrogens with one attached hydrogen (secondary N) is 1. The summed E-state index contributed by atoms with van der Waals surface area (Å²) in [4.78, 5) is 32.5. The van der Waals surface area contributed by atoms with Crippen LogP contribution in [0.2, 0.25) is 5.02 Å². The highest BCUT2D eigenvalue weighted by atomic mass is 35.5. The molecule has 0 radical (unpaired) electrons. The highest BCUT2D eigenvalue weighted by Gasteiger charge is 2.37. The number of nitrogens with zero attached hydrogens (tertiary/aromatic N) is 4. The van der Waals surface area contributed by atoms with Gasteiger partial charge in [0.2, 0.25) is 0 Å². The number of anilines is 1. The molecule has 2 aliphatic heterocycles. The molecule has 31 heavy (non-hydrogen) atoms. The number of fused-ring (bicyclic) bond motifs is 3. The normalized spacial score (nSPS) is 20.9. The van der Waals surface area contributed by atoms with Crippen LogP contribution in [-0.2, 0) is 24.3 Å². The molecule has 12 heteroatoms. The van der Waals surface area contributed by atoms with Crippen LogP contribution >= 0.6 is 11.6 Å². The molecule has 3 amide bonds. The number of hydroxylamine groups is 2. The third-order valence-electron chi connectivity index (χ3n) is 5.40. The van der Waals surface area contributed by atoms with Crippen LogP contribution in [0.25, 0.3) is 0 Å². The van der Waals surface area contributed by atoms with Gasteiger partial charge in [-0.1, -0.05) is 11.6 Å². The molecule has 0 unspecified atom stereocenters. The third kappa shape index (κ3) is 3.73. The number of amides is 3. The summed E-state index contributed by atoms with van der Waals surface area (Å²) in [5, 5.41) is 16.7. The lowest BCUT2D eigenvalue weighted by atomic mass is 9.99. The van der Waals surface area contributed by atoms with E-state index < -0.39 is 34.7 Å². The average Bonchev–Trinajstić information content (AvgIpc) is 3.02. The molecule has 0 fully saturated rings. The molecular weight excluding hydrogens is 436 g/mol. The first-order valence-electron chi connectivity index (χ1n) is 9.56. The first-order chi connectivity index (χ1) is 14.7. The number of rotatable bonds is 2. The van der Waals surface area contributed by atoms with Crippen molar-refractivity contribution in [2.24, 2.45) is 0 Å². The molecular formula is C19H20ClF2N5O4. The summed E-state index contributed by atoms with van der Waals surface area (Å²) in [6.45, 7) is 1.74. The van der Waals surface area contributed by atoms with Crippen LogP contribution < -0.4 is 5.32 Å². The second-order valence-corrected chi connectivity index (χ2v) is 7.88. The van der Waals surface area contributed by atoms with Gasteiger partial charge in [-0.3, -0.25) is 14.3 Å². The number of aliphatic hydroxyl groups is 1. The van der Waals surface area contributed by atoms with Gasteiger partial charge in [-0.05, 0) is 19.1 Å². The number of hydrogen-bond donors (Lipinski definition) is 2. The van der Waals surface area contributed by atoms with Crippen LogP contribution in [0.15, 0.2) is 12.1 Å². The summed E-state index contributed by atoms with van der Waals surface area (Å²) in [6.07, 6.45) is -0.267. The Bertz CT molecular complexity index is 1060. The Balaban J connectivity index is 1.63. The second kappa shape index (κ2) is 8.06. The molecule has 3 heterocycles. The van der Waals surface area contributed by atoms with Crippen molar-refractivity contribution in [2.45, 2.75) is 38.6 Å². The number of benzene rings is 1. The van der Waals surface area contributed by atoms with E-state index in [1.165, 1.54) is 16.6 Å². The predicted octanol–water partition coefficient (Wildman–Crippen LogP) is 2.17. The van der Waals surface area contributed by atoms with E-state index in [9.17, 15) is 23.5 Å². The Morgan fingerprint density at radius 2 is 2.16 bits per heavy atom. The van der Waals surface area contributed by atoms with Crippen molar-refractivity contribution in [3.05, 3.63) is 45.7 Å². The molecule has 0 spiro atoms. The van der Waals surface area contributed by atoms with Gasteiger partial charge in [-0.2, -0.15) is 5.10 Å². The van der Waals surface area contributed by atoms with E-state index in [2.05, 4.69) is 10.4 Å². The number of halogens is 3. The summed E-state index contributed by atoms with van der Waals surface area (Å²) in [6, 6.07) is 1.12. The lowest BCUT2D eigenvalue weighted by molar-refractivity contribution is -0.159. The van der Waals surface area contributed by atoms with Crippen LogP contribution in [-0.4, -0.2) is 62.6 Å². The fraction of sp³-hybridized carbons (Fsp3) is 0.421. The fourth-order valence-corrected chi connectivity index (χ4v) is 3.95. The van der Waals surface area contributed by atoms with Crippen LogP contribution in [0.4, 0.5) is 19.3 Å². The van der Waals surface area contributed by atoms with Crippen molar-refractivity contribution in [3.63, 3.8) is 0 Å². The average molecular weight is 456 g/mol. The molecule has 2 atom stereocenters. The first-order valence-corrected chi connectivity index (χ1v) is 9.94. The van der Waals surface area contributed by atoms with Gasteiger partial charge in [-0.25, -0.2) is 18.6 Å². The number of hydrogen-bond acceptors (Lipinski definition) is 5. The van der Waals surface area contributed by atoms with Gasteiger partial charge in [-0.15, -0.1) is 0 Å². The van der Waals surface area contributed by atoms with Gasteiger partial charge in [0.15, 0.2) is 5.82 Å². The molecule has 0 bridgehead atoms. The molecule has 166 valence electrons. The lowest BCUT2D eigenvalue weighted by Gasteiger charge is -2.33. The summed E-state index contributed by atoms with van der Waals surface area (Å²) in [7, 11) is 1.44. The molecule has 9 nitrogen and oxygen atoms in total. The molecule has 2 aromatic rings. The standard InChI is InChI=1S/C19H20ClF2N5O4/c1-9-5-14-11(17-18(29)25(2)31-10(8-28)6-27(17)24-14)7-26(9)19(30)23-13-4-3-12(21)15(20)16(13)22/h3-4,9-10,28H,5-8H2,1-2H3,(H,23,30)/t9-,10+/m1/s1. The molecule has 0 saturated carbocycles. The largest absolute Gasteiger partial charge is 0.393 e. The minimum atomic E-state index is -1.07. The van der Waals surface area contributed by atoms with E-state index in [0.717, 1.165) is 17.2 Å². The predicted molar refractivity (Wildman–Crippen MR) is 105 cm³/mol. The van der Waals surface area contributed by atoms with Crippen LogP contribution in [0.5, 0.6) is 0 Å². The molecule has 1 aromatic carbocycles. The maximum atomic E-state index is 14.2. The minimum Gasteiger partial charge on any atom is -0.393 e. The van der Waals surface area contributed by atoms with Gasteiger partial charge in [0.25, 0.3) is 5.91 Å². The number of urea groups is 1. The SMILES string of the molecule is C[C@@H]1Cc2nn3c(c2CN1C(=O)Nc1ccc(F)c(Cl)c1F)C(=O)N(C)O[C@H](CO)C3. The van der Waals surface area contributed by atoms with Crippen molar-refractivity contribution in [2.75, 3.05) is 19.0 Å². The highest BCUT2D eigenvalue weighted by molar-refractivity contribution is 6.31. The third-order valence-corrected chi connectivity index (χ3v) is 5.74. The fourth-order valence-electron chi connectivity index (χ4n) is 3.79. The van der Waals surface area contributed by atoms with Gasteiger partial charge in [0.05, 0.1) is 31.1 Å². The smallest absolute Gasteiger partial charge is 0.322 e. The maximum absolute atomic E-state index is 14.2. The van der Waals surface area contributed by atoms with E-state index >= 15 is 0 Å². The van der Waals surface area contributed by atoms with Crippen molar-refractivity contribution < 1.29 is 28.3 Å². The Morgan fingerprint density at radius 1 is 1.42 bits per heavy atom. The Labute approximate surface area is 181 Å². The summed E-state index contributed by atoms with van der Waals surface area (Å²) < 4.78 is 29.1. The Hall–Kier alpha value is -2.76. The van der Waals surface area contributed by atoms with E-state index in [-0.39, 0.29) is 37.1 Å². The zero-order valence-electron chi connectivity index (χ0n) is 16.7. The van der Waals surface area contributed by atoms with Crippen LogP contribution in [0.3, 0.4) is 0 Å². The molecule has 0 aliphatic carbocycles. The van der Waals surface area contributed by atoms with E-state index in [1.54, 1.807) is 6.92 Å². The quantitative estimate of drug-likeness (QED) is 0.676. The molecule has 2 aliphatic rings. The van der Waals surface area contributed by atoms with Crippen molar-refractivity contribution in [3.8, 4) is 0 Å². The van der Waals surface area contributed by atoms with Crippen molar-refractivity contribution in [1.82, 2.24) is 19.7 Å². The number of carbonyl (C=O) groups excluding carboxylic acids is 2. The van der Waals surface area contributed by atoms with Crippen molar-refractivity contribution >= 4 is 29.2 Å². The first kappa shape index (κ1) is 21.5. The summed E-state index contributed by atoms with van der Waals surface area (Å²) >= 11 is 5.58. The van der Waals surface area contributed by atoms with E-state index in [1.807, 2.05) is 0 Å². The second-order valence-electron chi connectivity index (χ2n) is 7.50. The van der Waals surface area contributed by atoms with Gasteiger partial charge in [0.1, 0.15) is 22.6 Å². The van der Waals surface area contributed by atoms with E-state index in [4.69, 9.17) is 16.4 Å². The molecule has 1 aromatic heterocycles. The monoisotopic (exact) mass is 455 g/mol. The summed E-state index contributed by atoms with van der Waals surface area (Å²) in [5.74, 6) is -2.44. The molecule has 4 rings (SSSR count). The van der Waals surface area contributed by atoms with Crippen molar-refractivity contribution in [1.29, 1.82) is 0 Å². The highest BCUT2D eigenvalue weighted by Crippen LogP contribution is 2.30. The van der Waals surface area contributed by atoms with Gasteiger partial charge in [0, 0.05) is 25.1 Å². The summed E-state index contributed by atoms with van der Waals surface area (Å²) in [5.41, 5.74) is 1.25. The van der Waals surface area contributed by atoms with Crippen LogP contribution in [0.1, 0.15) is 28.7 Å². The zero-order valence-corrected chi connectivity index (χ0v) is 17.5. The number of aromatic nitrogens is 2. The van der Waals surface area contributed by atoms with Crippen LogP contribution in [0, 0.1) is 11.6 Å². The van der Waals surface area contributed by atoms with E-state index in [0.29, 0.717) is 17.7 Å². The number of carbonyl (C=O) groups is 2. The molecule has 2 N–H and O–H groups in total. The van der Waals surface area contributed by atoms with Gasteiger partial charge >= 0.3 is 6.03 Å². The van der Waals surface area contributed by atoms with Gasteiger partial charge < -0.3 is 15.3 Å². The Kier molecular flexibility index (Phi) is 5.58. The Morgan fingerprint density at radius 3 is 2.87 bits per heavy atom. The lowest BCUT2D eigenvalue weighted by Crippen LogP contribution is -2.45. The minimum absolute atomic E-state index is 0.0532. The zero-order chi connectivity index (χ0) is 22.4. The molecule has 0 saturated heterocycles. The maximum Gasteiger partial charge on any atom is 0.322 e. The number of aliphatic hydroxyl groups excluding tert-OH is 1. The topological polar surface area (TPSA) is 99.9 Å².